The minimum Gasteiger partial charge on any atom is -0.387 e. The van der Waals surface area contributed by atoms with Crippen molar-refractivity contribution in [2.45, 2.75) is 25.9 Å². The zero-order valence-electron chi connectivity index (χ0n) is 8.51. The SMILES string of the molecule is CCc1ccc(C(O)Cc2nccs2)s1. The number of thiophene rings is 1. The van der Waals surface area contributed by atoms with Gasteiger partial charge in [-0.05, 0) is 18.6 Å². The molecule has 1 unspecified atom stereocenters. The molecule has 2 heterocycles. The van der Waals surface area contributed by atoms with Crippen LogP contribution in [0.25, 0.3) is 0 Å². The first kappa shape index (κ1) is 10.8. The molecule has 0 aromatic carbocycles. The molecule has 4 heteroatoms. The topological polar surface area (TPSA) is 33.1 Å². The highest BCUT2D eigenvalue weighted by Crippen LogP contribution is 2.26. The van der Waals surface area contributed by atoms with Crippen LogP contribution in [0.4, 0.5) is 0 Å². The van der Waals surface area contributed by atoms with E-state index < -0.39 is 6.10 Å². The summed E-state index contributed by atoms with van der Waals surface area (Å²) in [7, 11) is 0. The summed E-state index contributed by atoms with van der Waals surface area (Å²) in [6.45, 7) is 2.13. The molecule has 0 saturated heterocycles. The summed E-state index contributed by atoms with van der Waals surface area (Å²) in [5.41, 5.74) is 0. The molecule has 0 aliphatic carbocycles. The molecule has 2 rings (SSSR count). The molecule has 0 aliphatic rings. The van der Waals surface area contributed by atoms with Gasteiger partial charge in [-0.15, -0.1) is 22.7 Å². The zero-order chi connectivity index (χ0) is 10.7. The first-order valence-corrected chi connectivity index (χ1v) is 6.64. The Labute approximate surface area is 97.2 Å². The van der Waals surface area contributed by atoms with Crippen LogP contribution < -0.4 is 0 Å². The Morgan fingerprint density at radius 3 is 2.93 bits per heavy atom. The molecule has 2 aromatic heterocycles. The number of aryl methyl sites for hydroxylation is 1. The van der Waals surface area contributed by atoms with Crippen molar-refractivity contribution in [1.29, 1.82) is 0 Å². The third kappa shape index (κ3) is 2.65. The van der Waals surface area contributed by atoms with Crippen LogP contribution in [0.2, 0.25) is 0 Å². The highest BCUT2D eigenvalue weighted by Gasteiger charge is 2.12. The standard InChI is InChI=1S/C11H13NOS2/c1-2-8-3-4-10(15-8)9(13)7-11-12-5-6-14-11/h3-6,9,13H,2,7H2,1H3. The van der Waals surface area contributed by atoms with Gasteiger partial charge >= 0.3 is 0 Å². The minimum atomic E-state index is -0.401. The van der Waals surface area contributed by atoms with E-state index in [2.05, 4.69) is 18.0 Å². The Kier molecular flexibility index (Phi) is 3.51. The second kappa shape index (κ2) is 4.88. The maximum absolute atomic E-state index is 9.98. The molecule has 0 saturated carbocycles. The van der Waals surface area contributed by atoms with Crippen molar-refractivity contribution in [1.82, 2.24) is 4.98 Å². The summed E-state index contributed by atoms with van der Waals surface area (Å²) in [6, 6.07) is 4.10. The predicted molar refractivity (Wildman–Crippen MR) is 64.5 cm³/mol. The number of hydrogen-bond acceptors (Lipinski definition) is 4. The van der Waals surface area contributed by atoms with Gasteiger partial charge < -0.3 is 5.11 Å². The van der Waals surface area contributed by atoms with Crippen molar-refractivity contribution in [2.75, 3.05) is 0 Å². The molecule has 1 N–H and O–H groups in total. The van der Waals surface area contributed by atoms with Crippen LogP contribution >= 0.6 is 22.7 Å². The number of thiazole rings is 1. The first-order valence-electron chi connectivity index (χ1n) is 4.94. The summed E-state index contributed by atoms with van der Waals surface area (Å²) in [4.78, 5) is 6.54. The van der Waals surface area contributed by atoms with E-state index in [1.807, 2.05) is 11.4 Å². The van der Waals surface area contributed by atoms with Crippen molar-refractivity contribution in [3.63, 3.8) is 0 Å². The monoisotopic (exact) mass is 239 g/mol. The molecule has 2 aromatic rings. The van der Waals surface area contributed by atoms with Gasteiger partial charge in [0.15, 0.2) is 0 Å². The smallest absolute Gasteiger partial charge is 0.0954 e. The summed E-state index contributed by atoms with van der Waals surface area (Å²) >= 11 is 3.28. The fourth-order valence-corrected chi connectivity index (χ4v) is 2.98. The average Bonchev–Trinajstić information content (AvgIpc) is 2.86. The quantitative estimate of drug-likeness (QED) is 0.889. The van der Waals surface area contributed by atoms with Gasteiger partial charge in [0.25, 0.3) is 0 Å². The second-order valence-electron chi connectivity index (χ2n) is 3.30. The molecule has 0 radical (unpaired) electrons. The van der Waals surface area contributed by atoms with Gasteiger partial charge in [-0.2, -0.15) is 0 Å². The van der Waals surface area contributed by atoms with Gasteiger partial charge in [0, 0.05) is 27.8 Å². The molecule has 0 amide bonds. The van der Waals surface area contributed by atoms with E-state index in [9.17, 15) is 5.11 Å². The van der Waals surface area contributed by atoms with E-state index in [-0.39, 0.29) is 0 Å². The van der Waals surface area contributed by atoms with Crippen molar-refractivity contribution < 1.29 is 5.11 Å². The van der Waals surface area contributed by atoms with Crippen molar-refractivity contribution in [2.24, 2.45) is 0 Å². The molecule has 15 heavy (non-hydrogen) atoms. The third-order valence-corrected chi connectivity index (χ3v) is 4.34. The summed E-state index contributed by atoms with van der Waals surface area (Å²) < 4.78 is 0. The zero-order valence-corrected chi connectivity index (χ0v) is 10.1. The van der Waals surface area contributed by atoms with Crippen LogP contribution in [0.3, 0.4) is 0 Å². The number of aliphatic hydroxyl groups excluding tert-OH is 1. The van der Waals surface area contributed by atoms with Crippen molar-refractivity contribution in [3.8, 4) is 0 Å². The minimum absolute atomic E-state index is 0.401. The van der Waals surface area contributed by atoms with E-state index in [0.29, 0.717) is 6.42 Å². The summed E-state index contributed by atoms with van der Waals surface area (Å²) in [5.74, 6) is 0. The normalized spacial score (nSPS) is 12.9. The number of aliphatic hydroxyl groups is 1. The number of aromatic nitrogens is 1. The summed E-state index contributed by atoms with van der Waals surface area (Å²) in [6.07, 6.45) is 3.04. The van der Waals surface area contributed by atoms with Gasteiger partial charge in [0.05, 0.1) is 11.1 Å². The Bertz CT molecular complexity index is 408. The molecule has 0 aliphatic heterocycles. The van der Waals surface area contributed by atoms with Gasteiger partial charge in [0.2, 0.25) is 0 Å². The molecular weight excluding hydrogens is 226 g/mol. The van der Waals surface area contributed by atoms with E-state index in [1.165, 1.54) is 4.88 Å². The van der Waals surface area contributed by atoms with Crippen LogP contribution in [-0.4, -0.2) is 10.1 Å². The molecule has 80 valence electrons. The lowest BCUT2D eigenvalue weighted by Crippen LogP contribution is -1.98. The Hall–Kier alpha value is -0.710. The van der Waals surface area contributed by atoms with Crippen LogP contribution in [0.15, 0.2) is 23.7 Å². The Morgan fingerprint density at radius 1 is 1.47 bits per heavy atom. The van der Waals surface area contributed by atoms with Crippen molar-refractivity contribution in [3.05, 3.63) is 38.5 Å². The van der Waals surface area contributed by atoms with E-state index in [4.69, 9.17) is 0 Å². The molecule has 1 atom stereocenters. The van der Waals surface area contributed by atoms with E-state index in [1.54, 1.807) is 28.9 Å². The van der Waals surface area contributed by atoms with Gasteiger partial charge in [-0.1, -0.05) is 6.92 Å². The highest BCUT2D eigenvalue weighted by atomic mass is 32.1. The lowest BCUT2D eigenvalue weighted by atomic mass is 10.2. The third-order valence-electron chi connectivity index (χ3n) is 2.21. The molecular formula is C11H13NOS2. The fourth-order valence-electron chi connectivity index (χ4n) is 1.38. The molecule has 0 bridgehead atoms. The molecule has 0 spiro atoms. The average molecular weight is 239 g/mol. The lowest BCUT2D eigenvalue weighted by molar-refractivity contribution is 0.182. The molecule has 0 fully saturated rings. The maximum Gasteiger partial charge on any atom is 0.0954 e. The Balaban J connectivity index is 2.04. The van der Waals surface area contributed by atoms with Crippen LogP contribution in [-0.2, 0) is 12.8 Å². The number of hydrogen-bond donors (Lipinski definition) is 1. The molecule has 2 nitrogen and oxygen atoms in total. The fraction of sp³-hybridized carbons (Fsp3) is 0.364. The lowest BCUT2D eigenvalue weighted by Gasteiger charge is -2.05. The number of rotatable bonds is 4. The largest absolute Gasteiger partial charge is 0.387 e. The van der Waals surface area contributed by atoms with Gasteiger partial charge in [-0.25, -0.2) is 4.98 Å². The second-order valence-corrected chi connectivity index (χ2v) is 5.48. The van der Waals surface area contributed by atoms with E-state index in [0.717, 1.165) is 16.3 Å². The Morgan fingerprint density at radius 2 is 2.33 bits per heavy atom. The predicted octanol–water partition coefficient (Wildman–Crippen LogP) is 3.04. The van der Waals surface area contributed by atoms with Crippen LogP contribution in [0.5, 0.6) is 0 Å². The van der Waals surface area contributed by atoms with Crippen molar-refractivity contribution >= 4 is 22.7 Å². The van der Waals surface area contributed by atoms with Gasteiger partial charge in [-0.3, -0.25) is 0 Å². The highest BCUT2D eigenvalue weighted by molar-refractivity contribution is 7.12. The maximum atomic E-state index is 9.98. The number of nitrogens with zero attached hydrogens (tertiary/aromatic N) is 1. The summed E-state index contributed by atoms with van der Waals surface area (Å²) in [5, 5.41) is 12.9. The van der Waals surface area contributed by atoms with Gasteiger partial charge in [0.1, 0.15) is 0 Å². The first-order chi connectivity index (χ1) is 7.29. The van der Waals surface area contributed by atoms with Crippen LogP contribution in [0, 0.1) is 0 Å². The van der Waals surface area contributed by atoms with Crippen LogP contribution in [0.1, 0.15) is 27.8 Å². The van der Waals surface area contributed by atoms with E-state index >= 15 is 0 Å².